The molecule has 1 saturated carbocycles. The van der Waals surface area contributed by atoms with Gasteiger partial charge in [0.25, 0.3) is 0 Å². The third kappa shape index (κ3) is 4.94. The number of hydrogen-bond acceptors (Lipinski definition) is 5. The van der Waals surface area contributed by atoms with E-state index in [2.05, 4.69) is 21.2 Å². The molecular formula is C25H23BrClN3O3S. The molecule has 0 atom stereocenters. The summed E-state index contributed by atoms with van der Waals surface area (Å²) in [6.07, 6.45) is 7.90. The fourth-order valence-corrected chi connectivity index (χ4v) is 5.66. The predicted molar refractivity (Wildman–Crippen MR) is 138 cm³/mol. The van der Waals surface area contributed by atoms with Gasteiger partial charge in [-0.3, -0.25) is 4.40 Å². The maximum Gasteiger partial charge on any atom is 0.339 e. The van der Waals surface area contributed by atoms with Crippen molar-refractivity contribution in [3.05, 3.63) is 76.4 Å². The standard InChI is InChI=1S/C25H23BrClN3O3S/c26-18-9-14-23-29-24(25(30(23)16-18)28-20-6-2-1-3-7-20)17-5-4-8-21(15-17)33-34(31,32)22-12-10-19(27)11-13-22/h4-5,8-16,20,28H,1-3,6-7H2. The van der Waals surface area contributed by atoms with Crippen molar-refractivity contribution in [1.82, 2.24) is 9.38 Å². The maximum atomic E-state index is 12.8. The zero-order valence-electron chi connectivity index (χ0n) is 18.2. The molecule has 2 aromatic heterocycles. The lowest BCUT2D eigenvalue weighted by Gasteiger charge is -2.24. The molecule has 9 heteroatoms. The zero-order chi connectivity index (χ0) is 23.7. The fraction of sp³-hybridized carbons (Fsp3) is 0.240. The summed E-state index contributed by atoms with van der Waals surface area (Å²) >= 11 is 9.44. The Morgan fingerprint density at radius 1 is 1.03 bits per heavy atom. The molecule has 1 aliphatic rings. The summed E-state index contributed by atoms with van der Waals surface area (Å²) < 4.78 is 34.0. The smallest absolute Gasteiger partial charge is 0.339 e. The van der Waals surface area contributed by atoms with Crippen molar-refractivity contribution in [2.75, 3.05) is 5.32 Å². The summed E-state index contributed by atoms with van der Waals surface area (Å²) in [4.78, 5) is 4.90. The van der Waals surface area contributed by atoms with Gasteiger partial charge in [-0.1, -0.05) is 43.0 Å². The van der Waals surface area contributed by atoms with Gasteiger partial charge in [-0.25, -0.2) is 4.98 Å². The summed E-state index contributed by atoms with van der Waals surface area (Å²) in [6, 6.07) is 17.2. The SMILES string of the molecule is O=S(=O)(Oc1cccc(-c2nc3ccc(Br)cn3c2NC2CCCCC2)c1)c1ccc(Cl)cc1. The Kier molecular flexibility index (Phi) is 6.55. The van der Waals surface area contributed by atoms with Crippen molar-refractivity contribution in [2.24, 2.45) is 0 Å². The Bertz CT molecular complexity index is 1430. The highest BCUT2D eigenvalue weighted by atomic mass is 79.9. The summed E-state index contributed by atoms with van der Waals surface area (Å²) in [5.41, 5.74) is 2.32. The lowest BCUT2D eigenvalue weighted by molar-refractivity contribution is 0.462. The van der Waals surface area contributed by atoms with Crippen molar-refractivity contribution < 1.29 is 12.6 Å². The molecular weight excluding hydrogens is 538 g/mol. The first kappa shape index (κ1) is 23.2. The number of anilines is 1. The van der Waals surface area contributed by atoms with Gasteiger partial charge in [0.05, 0.1) is 0 Å². The first-order valence-electron chi connectivity index (χ1n) is 11.1. The number of rotatable bonds is 6. The highest BCUT2D eigenvalue weighted by molar-refractivity contribution is 9.10. The van der Waals surface area contributed by atoms with Crippen LogP contribution in [0.3, 0.4) is 0 Å². The Morgan fingerprint density at radius 2 is 1.79 bits per heavy atom. The molecule has 4 aromatic rings. The lowest BCUT2D eigenvalue weighted by Crippen LogP contribution is -2.23. The topological polar surface area (TPSA) is 72.7 Å². The molecule has 0 saturated heterocycles. The zero-order valence-corrected chi connectivity index (χ0v) is 21.4. The summed E-state index contributed by atoms with van der Waals surface area (Å²) in [5.74, 6) is 1.11. The van der Waals surface area contributed by atoms with Crippen molar-refractivity contribution in [3.8, 4) is 17.0 Å². The molecule has 34 heavy (non-hydrogen) atoms. The molecule has 0 radical (unpaired) electrons. The quantitative estimate of drug-likeness (QED) is 0.259. The van der Waals surface area contributed by atoms with Crippen LogP contribution >= 0.6 is 27.5 Å². The largest absolute Gasteiger partial charge is 0.379 e. The molecule has 1 fully saturated rings. The first-order valence-corrected chi connectivity index (χ1v) is 13.7. The van der Waals surface area contributed by atoms with E-state index in [9.17, 15) is 8.42 Å². The molecule has 0 bridgehead atoms. The van der Waals surface area contributed by atoms with E-state index in [-0.39, 0.29) is 10.6 Å². The van der Waals surface area contributed by atoms with Crippen LogP contribution in [-0.4, -0.2) is 23.8 Å². The highest BCUT2D eigenvalue weighted by Crippen LogP contribution is 2.34. The van der Waals surface area contributed by atoms with E-state index in [1.54, 1.807) is 18.2 Å². The van der Waals surface area contributed by atoms with E-state index >= 15 is 0 Å². The van der Waals surface area contributed by atoms with Crippen molar-refractivity contribution >= 4 is 49.1 Å². The molecule has 0 unspecified atom stereocenters. The number of aromatic nitrogens is 2. The normalized spacial score (nSPS) is 14.9. The summed E-state index contributed by atoms with van der Waals surface area (Å²) in [7, 11) is -4.00. The molecule has 5 rings (SSSR count). The summed E-state index contributed by atoms with van der Waals surface area (Å²) in [5, 5.41) is 4.16. The minimum atomic E-state index is -4.00. The van der Waals surface area contributed by atoms with E-state index in [1.807, 2.05) is 28.8 Å². The lowest BCUT2D eigenvalue weighted by atomic mass is 9.95. The van der Waals surface area contributed by atoms with Gasteiger partial charge < -0.3 is 9.50 Å². The van der Waals surface area contributed by atoms with E-state index in [4.69, 9.17) is 20.8 Å². The van der Waals surface area contributed by atoms with E-state index < -0.39 is 10.1 Å². The monoisotopic (exact) mass is 559 g/mol. The number of hydrogen-bond donors (Lipinski definition) is 1. The number of fused-ring (bicyclic) bond motifs is 1. The van der Waals surface area contributed by atoms with Gasteiger partial charge in [0.15, 0.2) is 0 Å². The average molecular weight is 561 g/mol. The molecule has 2 aromatic carbocycles. The fourth-order valence-electron chi connectivity index (χ4n) is 4.27. The van der Waals surface area contributed by atoms with Crippen LogP contribution in [0, 0.1) is 0 Å². The molecule has 0 amide bonds. The van der Waals surface area contributed by atoms with E-state index in [1.165, 1.54) is 43.5 Å². The van der Waals surface area contributed by atoms with Crippen LogP contribution in [0.15, 0.2) is 76.2 Å². The Hall–Kier alpha value is -2.55. The van der Waals surface area contributed by atoms with Crippen LogP contribution in [0.4, 0.5) is 5.82 Å². The van der Waals surface area contributed by atoms with Gasteiger partial charge in [0, 0.05) is 27.3 Å². The second kappa shape index (κ2) is 9.60. The summed E-state index contributed by atoms with van der Waals surface area (Å²) in [6.45, 7) is 0. The number of nitrogens with one attached hydrogen (secondary N) is 1. The van der Waals surface area contributed by atoms with E-state index in [0.717, 1.165) is 40.0 Å². The predicted octanol–water partition coefficient (Wildman–Crippen LogP) is 6.93. The minimum Gasteiger partial charge on any atom is -0.379 e. The molecule has 6 nitrogen and oxygen atoms in total. The highest BCUT2D eigenvalue weighted by Gasteiger charge is 2.21. The van der Waals surface area contributed by atoms with Gasteiger partial charge >= 0.3 is 10.1 Å². The molecule has 2 heterocycles. The van der Waals surface area contributed by atoms with Crippen molar-refractivity contribution in [2.45, 2.75) is 43.0 Å². The van der Waals surface area contributed by atoms with Gasteiger partial charge in [-0.05, 0) is 77.3 Å². The molecule has 1 aliphatic carbocycles. The van der Waals surface area contributed by atoms with Crippen molar-refractivity contribution in [3.63, 3.8) is 0 Å². The third-order valence-electron chi connectivity index (χ3n) is 5.94. The Labute approximate surface area is 212 Å². The van der Waals surface area contributed by atoms with E-state index in [0.29, 0.717) is 11.1 Å². The van der Waals surface area contributed by atoms with Crippen LogP contribution in [0.25, 0.3) is 16.9 Å². The Balaban J connectivity index is 1.52. The van der Waals surface area contributed by atoms with Crippen LogP contribution in [-0.2, 0) is 10.1 Å². The maximum absolute atomic E-state index is 12.8. The second-order valence-corrected chi connectivity index (χ2v) is 11.3. The Morgan fingerprint density at radius 3 is 2.56 bits per heavy atom. The second-order valence-electron chi connectivity index (χ2n) is 8.38. The van der Waals surface area contributed by atoms with Gasteiger partial charge in [0.2, 0.25) is 0 Å². The number of nitrogens with zero attached hydrogens (tertiary/aromatic N) is 2. The van der Waals surface area contributed by atoms with Gasteiger partial charge in [0.1, 0.15) is 27.8 Å². The van der Waals surface area contributed by atoms with Gasteiger partial charge in [-0.15, -0.1) is 0 Å². The van der Waals surface area contributed by atoms with Gasteiger partial charge in [-0.2, -0.15) is 8.42 Å². The van der Waals surface area contributed by atoms with Crippen LogP contribution in [0.5, 0.6) is 5.75 Å². The minimum absolute atomic E-state index is 0.0412. The molecule has 0 spiro atoms. The molecule has 0 aliphatic heterocycles. The average Bonchev–Trinajstić information content (AvgIpc) is 3.17. The van der Waals surface area contributed by atoms with Crippen LogP contribution < -0.4 is 9.50 Å². The first-order chi connectivity index (χ1) is 16.4. The number of pyridine rings is 1. The third-order valence-corrected chi connectivity index (χ3v) is 7.93. The molecule has 1 N–H and O–H groups in total. The molecule has 176 valence electrons. The van der Waals surface area contributed by atoms with Crippen LogP contribution in [0.1, 0.15) is 32.1 Å². The number of benzene rings is 2. The van der Waals surface area contributed by atoms with Crippen molar-refractivity contribution in [1.29, 1.82) is 0 Å². The number of imidazole rings is 1. The number of halogens is 2. The van der Waals surface area contributed by atoms with Crippen LogP contribution in [0.2, 0.25) is 5.02 Å².